The van der Waals surface area contributed by atoms with Crippen LogP contribution in [0, 0.1) is 0 Å². The number of ketones is 1. The first-order chi connectivity index (χ1) is 20.7. The van der Waals surface area contributed by atoms with Crippen molar-refractivity contribution in [3.05, 3.63) is 85.5 Å². The summed E-state index contributed by atoms with van der Waals surface area (Å²) in [5.74, 6) is 0.304. The van der Waals surface area contributed by atoms with E-state index in [0.717, 1.165) is 70.5 Å². The highest BCUT2D eigenvalue weighted by Gasteiger charge is 2.32. The van der Waals surface area contributed by atoms with Crippen LogP contribution in [0.15, 0.2) is 85.5 Å². The summed E-state index contributed by atoms with van der Waals surface area (Å²) in [4.78, 5) is 29.2. The molecule has 2 aliphatic carbocycles. The van der Waals surface area contributed by atoms with Crippen molar-refractivity contribution in [2.24, 2.45) is 0 Å². The second-order valence-corrected chi connectivity index (χ2v) is 11.6. The lowest BCUT2D eigenvalue weighted by Crippen LogP contribution is -2.40. The molecule has 6 heterocycles. The van der Waals surface area contributed by atoms with E-state index >= 15 is 0 Å². The Balaban J connectivity index is 0.955. The van der Waals surface area contributed by atoms with E-state index < -0.39 is 0 Å². The number of hydrogen-bond acceptors (Lipinski definition) is 5. The fraction of sp³-hybridized carbons (Fsp3) is 0.303. The van der Waals surface area contributed by atoms with Gasteiger partial charge in [-0.15, -0.1) is 0 Å². The zero-order valence-corrected chi connectivity index (χ0v) is 23.5. The summed E-state index contributed by atoms with van der Waals surface area (Å²) in [6.07, 6.45) is 13.6. The lowest BCUT2D eigenvalue weighted by Gasteiger charge is -2.29. The Labute approximate surface area is 243 Å². The number of carbonyl (C=O) groups excluding carboxylic acids is 1. The average Bonchev–Trinajstić information content (AvgIpc) is 3.78. The minimum absolute atomic E-state index is 0.304. The molecule has 0 radical (unpaired) electrons. The number of fused-ring (bicyclic) bond motifs is 2. The molecule has 0 aromatic carbocycles. The molecule has 42 heavy (non-hydrogen) atoms. The van der Waals surface area contributed by atoms with E-state index in [9.17, 15) is 4.79 Å². The van der Waals surface area contributed by atoms with Crippen LogP contribution < -0.4 is 10.0 Å². The topological polar surface area (TPSA) is 90.8 Å². The third-order valence-corrected chi connectivity index (χ3v) is 8.52. The maximum absolute atomic E-state index is 13.3. The van der Waals surface area contributed by atoms with Crippen LogP contribution in [0.2, 0.25) is 0 Å². The molecule has 9 nitrogen and oxygen atoms in total. The second kappa shape index (κ2) is 10.2. The maximum Gasteiger partial charge on any atom is 0.137 e. The number of aromatic amines is 2. The first kappa shape index (κ1) is 25.0. The molecule has 8 rings (SSSR count). The van der Waals surface area contributed by atoms with Gasteiger partial charge in [0.15, 0.2) is 0 Å². The van der Waals surface area contributed by atoms with Gasteiger partial charge in [-0.25, -0.2) is 9.97 Å². The van der Waals surface area contributed by atoms with Crippen LogP contribution in [0.25, 0.3) is 44.8 Å². The zero-order valence-electron chi connectivity index (χ0n) is 23.5. The molecule has 6 aromatic heterocycles. The number of nitrogens with one attached hydrogen (secondary N) is 2. The Morgan fingerprint density at radius 2 is 1.19 bits per heavy atom. The molecular formula is C33H34N8O. The number of nitrogens with zero attached hydrogens (tertiary/aromatic N) is 6. The van der Waals surface area contributed by atoms with Crippen molar-refractivity contribution >= 4 is 27.9 Å². The number of hydrogen-bond donors (Lipinski definition) is 2. The summed E-state index contributed by atoms with van der Waals surface area (Å²) in [7, 11) is 0. The lowest BCUT2D eigenvalue weighted by molar-refractivity contribution is -0.118. The highest BCUT2D eigenvalue weighted by atomic mass is 16.1. The van der Waals surface area contributed by atoms with Gasteiger partial charge < -0.3 is 20.0 Å². The van der Waals surface area contributed by atoms with E-state index in [4.69, 9.17) is 0 Å². The third kappa shape index (κ3) is 4.74. The van der Waals surface area contributed by atoms with Crippen LogP contribution in [-0.2, 0) is 4.79 Å². The van der Waals surface area contributed by atoms with Crippen LogP contribution in [0.5, 0.6) is 0 Å². The highest BCUT2D eigenvalue weighted by Crippen LogP contribution is 2.32. The third-order valence-electron chi connectivity index (χ3n) is 8.52. The lowest BCUT2D eigenvalue weighted by atomic mass is 10.2. The molecule has 212 valence electrons. The first-order valence-corrected chi connectivity index (χ1v) is 15.0. The van der Waals surface area contributed by atoms with Crippen molar-refractivity contribution in [1.29, 1.82) is 0 Å². The van der Waals surface area contributed by atoms with Gasteiger partial charge in [0.25, 0.3) is 0 Å². The first-order valence-electron chi connectivity index (χ1n) is 15.0. The Bertz CT molecular complexity index is 1670. The van der Waals surface area contributed by atoms with Gasteiger partial charge in [0.2, 0.25) is 0 Å². The van der Waals surface area contributed by atoms with Crippen LogP contribution in [0.3, 0.4) is 0 Å². The van der Waals surface area contributed by atoms with Gasteiger partial charge in [0, 0.05) is 73.6 Å². The van der Waals surface area contributed by atoms with E-state index in [1.807, 2.05) is 24.5 Å². The zero-order chi connectivity index (χ0) is 28.0. The van der Waals surface area contributed by atoms with Crippen LogP contribution >= 0.6 is 0 Å². The standard InChI is InChI=1S/C33H34N8O/c42-27(13-19-38(25-9-10-25)40-17-3-7-30(40)28-21-23-5-1-15-34-32(23)36-28)14-20-39(26-11-12-26)41-18-4-8-31(41)29-22-24-6-2-16-35-33(24)37-29/h1-8,15-18,21-22,25-26H,9-14,19-20H2,(H,34,36)(H,35,37). The number of Topliss-reactive ketones (excluding diaryl/α,β-unsaturated/α-hetero) is 1. The molecule has 2 aliphatic rings. The van der Waals surface area contributed by atoms with E-state index in [-0.39, 0.29) is 0 Å². The summed E-state index contributed by atoms with van der Waals surface area (Å²) in [6.45, 7) is 1.42. The molecule has 2 saturated carbocycles. The van der Waals surface area contributed by atoms with Crippen molar-refractivity contribution in [1.82, 2.24) is 29.3 Å². The van der Waals surface area contributed by atoms with Gasteiger partial charge in [0.05, 0.1) is 22.8 Å². The Morgan fingerprint density at radius 1 is 0.714 bits per heavy atom. The van der Waals surface area contributed by atoms with Crippen molar-refractivity contribution in [3.8, 4) is 22.8 Å². The fourth-order valence-electron chi connectivity index (χ4n) is 6.09. The summed E-state index contributed by atoms with van der Waals surface area (Å²) in [5.41, 5.74) is 6.05. The minimum atomic E-state index is 0.304. The molecule has 9 heteroatoms. The highest BCUT2D eigenvalue weighted by molar-refractivity contribution is 5.83. The largest absolute Gasteiger partial charge is 0.338 e. The Morgan fingerprint density at radius 3 is 1.62 bits per heavy atom. The normalized spacial score (nSPS) is 15.0. The molecule has 0 saturated heterocycles. The number of aromatic nitrogens is 6. The predicted molar refractivity (Wildman–Crippen MR) is 165 cm³/mol. The second-order valence-electron chi connectivity index (χ2n) is 11.6. The van der Waals surface area contributed by atoms with E-state index in [0.29, 0.717) is 43.8 Å². The summed E-state index contributed by atoms with van der Waals surface area (Å²) < 4.78 is 4.46. The predicted octanol–water partition coefficient (Wildman–Crippen LogP) is 5.63. The van der Waals surface area contributed by atoms with Crippen LogP contribution in [-0.4, -0.2) is 60.2 Å². The van der Waals surface area contributed by atoms with Crippen molar-refractivity contribution in [2.45, 2.75) is 50.6 Å². The van der Waals surface area contributed by atoms with E-state index in [2.05, 4.69) is 100 Å². The van der Waals surface area contributed by atoms with Crippen molar-refractivity contribution in [3.63, 3.8) is 0 Å². The molecule has 2 fully saturated rings. The molecular weight excluding hydrogens is 524 g/mol. The van der Waals surface area contributed by atoms with Gasteiger partial charge in [-0.2, -0.15) is 0 Å². The van der Waals surface area contributed by atoms with E-state index in [1.165, 1.54) is 0 Å². The van der Waals surface area contributed by atoms with Crippen LogP contribution in [0.4, 0.5) is 0 Å². The quantitative estimate of drug-likeness (QED) is 0.203. The molecule has 0 aliphatic heterocycles. The van der Waals surface area contributed by atoms with E-state index in [1.54, 1.807) is 0 Å². The molecule has 0 atom stereocenters. The molecule has 0 amide bonds. The fourth-order valence-corrected chi connectivity index (χ4v) is 6.09. The van der Waals surface area contributed by atoms with Crippen molar-refractivity contribution in [2.75, 3.05) is 23.1 Å². The van der Waals surface area contributed by atoms with Gasteiger partial charge in [-0.05, 0) is 86.3 Å². The number of rotatable bonds is 12. The van der Waals surface area contributed by atoms with Crippen molar-refractivity contribution < 1.29 is 4.79 Å². The number of pyridine rings is 2. The minimum Gasteiger partial charge on any atom is -0.338 e. The number of carbonyl (C=O) groups is 1. The SMILES string of the molecule is O=C(CCN(C1CC1)n1cccc1-c1cc2cccnc2[nH]1)CCN(C1CC1)n1cccc1-c1cc2cccnc2[nH]1. The number of H-pyrrole nitrogens is 2. The smallest absolute Gasteiger partial charge is 0.137 e. The Hall–Kier alpha value is -4.79. The summed E-state index contributed by atoms with van der Waals surface area (Å²) in [6, 6.07) is 21.7. The monoisotopic (exact) mass is 558 g/mol. The maximum atomic E-state index is 13.3. The summed E-state index contributed by atoms with van der Waals surface area (Å²) >= 11 is 0. The molecule has 6 aromatic rings. The molecule has 2 N–H and O–H groups in total. The summed E-state index contributed by atoms with van der Waals surface area (Å²) in [5, 5.41) is 6.94. The van der Waals surface area contributed by atoms with Crippen LogP contribution in [0.1, 0.15) is 38.5 Å². The van der Waals surface area contributed by atoms with Gasteiger partial charge >= 0.3 is 0 Å². The molecule has 0 unspecified atom stereocenters. The Kier molecular flexibility index (Phi) is 6.09. The van der Waals surface area contributed by atoms with Gasteiger partial charge in [0.1, 0.15) is 17.1 Å². The van der Waals surface area contributed by atoms with Gasteiger partial charge in [-0.1, -0.05) is 0 Å². The average molecular weight is 559 g/mol. The van der Waals surface area contributed by atoms with Gasteiger partial charge in [-0.3, -0.25) is 14.1 Å². The molecule has 0 bridgehead atoms. The molecule has 0 spiro atoms.